The number of aromatic nitrogens is 1. The summed E-state index contributed by atoms with van der Waals surface area (Å²) in [5.74, 6) is 1.10. The maximum Gasteiger partial charge on any atom is 0.242 e. The number of nitrogens with one attached hydrogen (secondary N) is 1. The van der Waals surface area contributed by atoms with Crippen LogP contribution >= 0.6 is 0 Å². The van der Waals surface area contributed by atoms with Gasteiger partial charge in [0.15, 0.2) is 0 Å². The number of likely N-dealkylation sites (N-methyl/N-ethyl adjacent to an activating group) is 1. The zero-order valence-electron chi connectivity index (χ0n) is 15.4. The molecule has 26 heavy (non-hydrogen) atoms. The van der Waals surface area contributed by atoms with Gasteiger partial charge in [-0.25, -0.2) is 0 Å². The lowest BCUT2D eigenvalue weighted by atomic mass is 9.96. The number of carbonyl (C=O) groups excluding carboxylic acids is 1. The van der Waals surface area contributed by atoms with Crippen molar-refractivity contribution in [1.82, 2.24) is 15.2 Å². The quantitative estimate of drug-likeness (QED) is 0.919. The van der Waals surface area contributed by atoms with Crippen LogP contribution in [0.25, 0.3) is 11.1 Å². The zero-order chi connectivity index (χ0) is 18.1. The third-order valence-electron chi connectivity index (χ3n) is 5.56. The highest BCUT2D eigenvalue weighted by atomic mass is 16.5. The standard InChI is InChI=1S/C21H25N3O2/c1-3-26-17-6-4-5-15(13-17)16-8-11-22-19(14-16)18-7-9-21(23-18)10-12-24(2)20(21)25/h4-6,8,11,13-14,18,23H,3,7,9-10,12H2,1-2H3/t18-,21-/m1/s1. The van der Waals surface area contributed by atoms with Crippen LogP contribution < -0.4 is 10.1 Å². The molecule has 3 heterocycles. The fourth-order valence-corrected chi connectivity index (χ4v) is 4.14. The van der Waals surface area contributed by atoms with Gasteiger partial charge in [0, 0.05) is 19.8 Å². The van der Waals surface area contributed by atoms with E-state index in [0.717, 1.165) is 48.4 Å². The number of likely N-dealkylation sites (tertiary alicyclic amines) is 1. The number of nitrogens with zero attached hydrogens (tertiary/aromatic N) is 2. The van der Waals surface area contributed by atoms with Gasteiger partial charge < -0.3 is 9.64 Å². The van der Waals surface area contributed by atoms with E-state index >= 15 is 0 Å². The minimum Gasteiger partial charge on any atom is -0.494 e. The van der Waals surface area contributed by atoms with E-state index in [4.69, 9.17) is 4.74 Å². The summed E-state index contributed by atoms with van der Waals surface area (Å²) >= 11 is 0. The second-order valence-electron chi connectivity index (χ2n) is 7.22. The van der Waals surface area contributed by atoms with Gasteiger partial charge in [0.1, 0.15) is 11.3 Å². The van der Waals surface area contributed by atoms with Crippen molar-refractivity contribution in [2.24, 2.45) is 0 Å². The van der Waals surface area contributed by atoms with Crippen molar-refractivity contribution in [2.45, 2.75) is 37.8 Å². The number of carbonyl (C=O) groups is 1. The van der Waals surface area contributed by atoms with Gasteiger partial charge in [-0.2, -0.15) is 0 Å². The molecule has 2 fully saturated rings. The minimum absolute atomic E-state index is 0.125. The van der Waals surface area contributed by atoms with Crippen LogP contribution in [0.4, 0.5) is 0 Å². The molecule has 0 aliphatic carbocycles. The van der Waals surface area contributed by atoms with Crippen molar-refractivity contribution >= 4 is 5.91 Å². The Labute approximate surface area is 154 Å². The fraction of sp³-hybridized carbons (Fsp3) is 0.429. The number of hydrogen-bond acceptors (Lipinski definition) is 4. The van der Waals surface area contributed by atoms with E-state index in [1.807, 2.05) is 43.3 Å². The lowest BCUT2D eigenvalue weighted by Gasteiger charge is -2.23. The highest BCUT2D eigenvalue weighted by molar-refractivity contribution is 5.88. The highest BCUT2D eigenvalue weighted by Gasteiger charge is 2.50. The highest BCUT2D eigenvalue weighted by Crippen LogP contribution is 2.39. The van der Waals surface area contributed by atoms with Crippen LogP contribution in [-0.4, -0.2) is 41.5 Å². The first kappa shape index (κ1) is 17.0. The molecule has 2 saturated heterocycles. The summed E-state index contributed by atoms with van der Waals surface area (Å²) in [5, 5.41) is 3.59. The largest absolute Gasteiger partial charge is 0.494 e. The molecular formula is C21H25N3O2. The molecule has 2 aliphatic heterocycles. The summed E-state index contributed by atoms with van der Waals surface area (Å²) in [5.41, 5.74) is 2.85. The van der Waals surface area contributed by atoms with Crippen molar-refractivity contribution in [3.63, 3.8) is 0 Å². The molecule has 0 radical (unpaired) electrons. The van der Waals surface area contributed by atoms with Gasteiger partial charge in [0.25, 0.3) is 0 Å². The third-order valence-corrected chi connectivity index (χ3v) is 5.56. The first-order chi connectivity index (χ1) is 12.6. The Bertz CT molecular complexity index is 822. The molecule has 1 aromatic heterocycles. The van der Waals surface area contributed by atoms with Crippen LogP contribution in [-0.2, 0) is 4.79 Å². The Kier molecular flexibility index (Phi) is 4.41. The molecule has 2 aliphatic rings. The molecule has 1 N–H and O–H groups in total. The third kappa shape index (κ3) is 2.97. The van der Waals surface area contributed by atoms with Crippen LogP contribution in [0.15, 0.2) is 42.6 Å². The van der Waals surface area contributed by atoms with E-state index in [9.17, 15) is 4.79 Å². The number of pyridine rings is 1. The van der Waals surface area contributed by atoms with Crippen molar-refractivity contribution in [1.29, 1.82) is 0 Å². The average Bonchev–Trinajstić information content (AvgIpc) is 3.22. The van der Waals surface area contributed by atoms with Crippen molar-refractivity contribution in [2.75, 3.05) is 20.2 Å². The molecule has 0 bridgehead atoms. The van der Waals surface area contributed by atoms with E-state index in [-0.39, 0.29) is 17.5 Å². The Morgan fingerprint density at radius 3 is 2.88 bits per heavy atom. The normalized spacial score (nSPS) is 25.2. The fourth-order valence-electron chi connectivity index (χ4n) is 4.14. The molecule has 0 unspecified atom stereocenters. The maximum absolute atomic E-state index is 12.5. The second kappa shape index (κ2) is 6.72. The lowest BCUT2D eigenvalue weighted by Crippen LogP contribution is -2.47. The molecule has 2 aromatic rings. The van der Waals surface area contributed by atoms with Gasteiger partial charge in [0.2, 0.25) is 5.91 Å². The van der Waals surface area contributed by atoms with E-state index < -0.39 is 0 Å². The van der Waals surface area contributed by atoms with Crippen LogP contribution in [0.3, 0.4) is 0 Å². The molecular weight excluding hydrogens is 326 g/mol. The molecule has 5 nitrogen and oxygen atoms in total. The Hall–Kier alpha value is -2.40. The molecule has 136 valence electrons. The predicted octanol–water partition coefficient (Wildman–Crippen LogP) is 3.17. The predicted molar refractivity (Wildman–Crippen MR) is 101 cm³/mol. The summed E-state index contributed by atoms with van der Waals surface area (Å²) < 4.78 is 5.61. The Morgan fingerprint density at radius 2 is 2.12 bits per heavy atom. The van der Waals surface area contributed by atoms with Gasteiger partial charge in [-0.1, -0.05) is 12.1 Å². The van der Waals surface area contributed by atoms with Gasteiger partial charge >= 0.3 is 0 Å². The first-order valence-corrected chi connectivity index (χ1v) is 9.34. The van der Waals surface area contributed by atoms with Crippen LogP contribution in [0.5, 0.6) is 5.75 Å². The average molecular weight is 351 g/mol. The summed E-state index contributed by atoms with van der Waals surface area (Å²) in [6, 6.07) is 12.4. The first-order valence-electron chi connectivity index (χ1n) is 9.34. The summed E-state index contributed by atoms with van der Waals surface area (Å²) in [6.45, 7) is 3.47. The molecule has 1 aromatic carbocycles. The van der Waals surface area contributed by atoms with Crippen LogP contribution in [0.2, 0.25) is 0 Å². The number of hydrogen-bond donors (Lipinski definition) is 1. The topological polar surface area (TPSA) is 54.5 Å². The molecule has 2 atom stereocenters. The lowest BCUT2D eigenvalue weighted by molar-refractivity contribution is -0.131. The van der Waals surface area contributed by atoms with E-state index in [1.165, 1.54) is 0 Å². The maximum atomic E-state index is 12.5. The van der Waals surface area contributed by atoms with Crippen molar-refractivity contribution in [3.8, 4) is 16.9 Å². The van der Waals surface area contributed by atoms with E-state index in [1.54, 1.807) is 0 Å². The molecule has 1 spiro atoms. The summed E-state index contributed by atoms with van der Waals surface area (Å²) in [6.07, 6.45) is 4.56. The van der Waals surface area contributed by atoms with Crippen molar-refractivity contribution < 1.29 is 9.53 Å². The van der Waals surface area contributed by atoms with Gasteiger partial charge in [-0.15, -0.1) is 0 Å². The molecule has 0 saturated carbocycles. The monoisotopic (exact) mass is 351 g/mol. The van der Waals surface area contributed by atoms with Gasteiger partial charge in [0.05, 0.1) is 18.3 Å². The molecule has 1 amide bonds. The Balaban J connectivity index is 1.57. The summed E-state index contributed by atoms with van der Waals surface area (Å²) in [4.78, 5) is 18.9. The van der Waals surface area contributed by atoms with E-state index in [2.05, 4.69) is 28.5 Å². The number of benzene rings is 1. The molecule has 4 rings (SSSR count). The van der Waals surface area contributed by atoms with Crippen LogP contribution in [0.1, 0.15) is 37.9 Å². The smallest absolute Gasteiger partial charge is 0.242 e. The minimum atomic E-state index is -0.383. The summed E-state index contributed by atoms with van der Waals surface area (Å²) in [7, 11) is 1.89. The van der Waals surface area contributed by atoms with Gasteiger partial charge in [-0.05, 0) is 61.6 Å². The van der Waals surface area contributed by atoms with Crippen LogP contribution in [0, 0.1) is 0 Å². The SMILES string of the molecule is CCOc1cccc(-c2ccnc([C@H]3CC[C@]4(CCN(C)C4=O)N3)c2)c1. The number of ether oxygens (including phenoxy) is 1. The number of amides is 1. The second-order valence-corrected chi connectivity index (χ2v) is 7.22. The zero-order valence-corrected chi connectivity index (χ0v) is 15.4. The molecule has 5 heteroatoms. The Morgan fingerprint density at radius 1 is 1.27 bits per heavy atom. The van der Waals surface area contributed by atoms with Crippen molar-refractivity contribution in [3.05, 3.63) is 48.3 Å². The van der Waals surface area contributed by atoms with Gasteiger partial charge in [-0.3, -0.25) is 15.1 Å². The van der Waals surface area contributed by atoms with E-state index in [0.29, 0.717) is 6.61 Å². The number of rotatable bonds is 4.